The summed E-state index contributed by atoms with van der Waals surface area (Å²) in [6, 6.07) is 6.45. The maximum absolute atomic E-state index is 9.29. The van der Waals surface area contributed by atoms with E-state index in [-0.39, 0.29) is 12.0 Å². The lowest BCUT2D eigenvalue weighted by atomic mass is 9.82. The van der Waals surface area contributed by atoms with Gasteiger partial charge in [-0.25, -0.2) is 0 Å². The Balaban J connectivity index is 1.73. The summed E-state index contributed by atoms with van der Waals surface area (Å²) >= 11 is 0. The molecule has 0 atom stereocenters. The first-order valence-electron chi connectivity index (χ1n) is 6.68. The summed E-state index contributed by atoms with van der Waals surface area (Å²) in [6.07, 6.45) is 1.98. The minimum absolute atomic E-state index is 0.195. The first kappa shape index (κ1) is 12.4. The number of hydrogen-bond donors (Lipinski definition) is 1. The highest BCUT2D eigenvalue weighted by atomic mass is 16.5. The summed E-state index contributed by atoms with van der Waals surface area (Å²) in [4.78, 5) is 4.43. The molecule has 1 aromatic heterocycles. The molecule has 4 heteroatoms. The van der Waals surface area contributed by atoms with E-state index in [1.807, 2.05) is 0 Å². The molecule has 0 amide bonds. The van der Waals surface area contributed by atoms with Gasteiger partial charge in [-0.05, 0) is 32.3 Å². The largest absolute Gasteiger partial charge is 0.393 e. The Hall–Kier alpha value is -1.68. The zero-order chi connectivity index (χ0) is 13.4. The van der Waals surface area contributed by atoms with Crippen LogP contribution in [0.15, 0.2) is 22.7 Å². The molecule has 1 saturated carbocycles. The van der Waals surface area contributed by atoms with Gasteiger partial charge >= 0.3 is 0 Å². The second-order valence-corrected chi connectivity index (χ2v) is 5.54. The van der Waals surface area contributed by atoms with Gasteiger partial charge < -0.3 is 9.63 Å². The fourth-order valence-electron chi connectivity index (χ4n) is 2.65. The molecule has 1 N–H and O–H groups in total. The van der Waals surface area contributed by atoms with Crippen LogP contribution in [0.1, 0.15) is 47.2 Å². The molecule has 1 aliphatic carbocycles. The van der Waals surface area contributed by atoms with Crippen LogP contribution in [0.5, 0.6) is 0 Å². The average molecular weight is 258 g/mol. The molecule has 2 aromatic rings. The topological polar surface area (TPSA) is 59.2 Å². The second kappa shape index (κ2) is 4.78. The van der Waals surface area contributed by atoms with Crippen molar-refractivity contribution in [1.82, 2.24) is 10.1 Å². The first-order valence-corrected chi connectivity index (χ1v) is 6.68. The SMILES string of the molecule is Cc1cc(C)cc(Cc2noc(C3CC(O)C3)n2)c1. The number of benzene rings is 1. The van der Waals surface area contributed by atoms with E-state index >= 15 is 0 Å². The van der Waals surface area contributed by atoms with E-state index in [9.17, 15) is 5.11 Å². The van der Waals surface area contributed by atoms with Crippen LogP contribution in [0.3, 0.4) is 0 Å². The lowest BCUT2D eigenvalue weighted by Gasteiger charge is -2.27. The van der Waals surface area contributed by atoms with Crippen LogP contribution in [0.25, 0.3) is 0 Å². The third kappa shape index (κ3) is 2.68. The van der Waals surface area contributed by atoms with E-state index in [2.05, 4.69) is 42.2 Å². The van der Waals surface area contributed by atoms with E-state index in [4.69, 9.17) is 4.52 Å². The summed E-state index contributed by atoms with van der Waals surface area (Å²) in [5.74, 6) is 1.64. The molecule has 1 fully saturated rings. The molecule has 0 aliphatic heterocycles. The van der Waals surface area contributed by atoms with Crippen LogP contribution >= 0.6 is 0 Å². The maximum Gasteiger partial charge on any atom is 0.229 e. The van der Waals surface area contributed by atoms with Crippen molar-refractivity contribution >= 4 is 0 Å². The van der Waals surface area contributed by atoms with Gasteiger partial charge in [-0.3, -0.25) is 0 Å². The fourth-order valence-corrected chi connectivity index (χ4v) is 2.65. The summed E-state index contributed by atoms with van der Waals surface area (Å²) in [6.45, 7) is 4.18. The number of aliphatic hydroxyl groups excluding tert-OH is 1. The second-order valence-electron chi connectivity index (χ2n) is 5.54. The van der Waals surface area contributed by atoms with Crippen molar-refractivity contribution in [3.8, 4) is 0 Å². The molecular formula is C15H18N2O2. The van der Waals surface area contributed by atoms with Crippen LogP contribution < -0.4 is 0 Å². The Kier molecular flexibility index (Phi) is 3.11. The van der Waals surface area contributed by atoms with Gasteiger partial charge in [0.25, 0.3) is 0 Å². The molecule has 3 rings (SSSR count). The Morgan fingerprint density at radius 2 is 1.89 bits per heavy atom. The minimum atomic E-state index is -0.195. The molecule has 1 aromatic carbocycles. The Morgan fingerprint density at radius 3 is 2.53 bits per heavy atom. The van der Waals surface area contributed by atoms with Crippen molar-refractivity contribution in [1.29, 1.82) is 0 Å². The smallest absolute Gasteiger partial charge is 0.229 e. The van der Waals surface area contributed by atoms with Gasteiger partial charge in [0.15, 0.2) is 5.82 Å². The molecule has 1 heterocycles. The average Bonchev–Trinajstić information content (AvgIpc) is 2.71. The predicted octanol–water partition coefficient (Wildman–Crippen LogP) is 2.52. The number of hydrogen-bond acceptors (Lipinski definition) is 4. The molecule has 0 bridgehead atoms. The first-order chi connectivity index (χ1) is 9.10. The summed E-state index contributed by atoms with van der Waals surface area (Å²) < 4.78 is 5.28. The van der Waals surface area contributed by atoms with Crippen LogP contribution in [-0.4, -0.2) is 21.4 Å². The summed E-state index contributed by atoms with van der Waals surface area (Å²) in [5, 5.41) is 13.3. The molecule has 1 aliphatic rings. The zero-order valence-electron chi connectivity index (χ0n) is 11.3. The molecule has 0 saturated heterocycles. The van der Waals surface area contributed by atoms with E-state index in [1.54, 1.807) is 0 Å². The van der Waals surface area contributed by atoms with Gasteiger partial charge in [0, 0.05) is 12.3 Å². The number of rotatable bonds is 3. The van der Waals surface area contributed by atoms with Crippen molar-refractivity contribution < 1.29 is 9.63 Å². The van der Waals surface area contributed by atoms with Gasteiger partial charge in [-0.1, -0.05) is 34.5 Å². The molecule has 4 nitrogen and oxygen atoms in total. The molecule has 19 heavy (non-hydrogen) atoms. The molecule has 0 spiro atoms. The fraction of sp³-hybridized carbons (Fsp3) is 0.467. The number of nitrogens with zero attached hydrogens (tertiary/aromatic N) is 2. The number of aryl methyl sites for hydroxylation is 2. The standard InChI is InChI=1S/C15H18N2O2/c1-9-3-10(2)5-11(4-9)6-14-16-15(19-17-14)12-7-13(18)8-12/h3-5,12-13,18H,6-8H2,1-2H3. The zero-order valence-corrected chi connectivity index (χ0v) is 11.3. The van der Waals surface area contributed by atoms with Crippen molar-refractivity contribution in [3.05, 3.63) is 46.6 Å². The Labute approximate surface area is 112 Å². The highest BCUT2D eigenvalue weighted by Gasteiger charge is 2.32. The van der Waals surface area contributed by atoms with E-state index in [1.165, 1.54) is 16.7 Å². The highest BCUT2D eigenvalue weighted by molar-refractivity contribution is 5.30. The minimum Gasteiger partial charge on any atom is -0.393 e. The molecular weight excluding hydrogens is 240 g/mol. The van der Waals surface area contributed by atoms with Gasteiger partial charge in [0.2, 0.25) is 5.89 Å². The van der Waals surface area contributed by atoms with Crippen LogP contribution in [0, 0.1) is 13.8 Å². The van der Waals surface area contributed by atoms with Crippen molar-refractivity contribution in [2.75, 3.05) is 0 Å². The Morgan fingerprint density at radius 1 is 1.21 bits per heavy atom. The third-order valence-corrected chi connectivity index (χ3v) is 3.59. The van der Waals surface area contributed by atoms with Gasteiger partial charge in [0.05, 0.1) is 6.10 Å². The van der Waals surface area contributed by atoms with Crippen LogP contribution in [0.2, 0.25) is 0 Å². The third-order valence-electron chi connectivity index (χ3n) is 3.59. The van der Waals surface area contributed by atoms with Crippen LogP contribution in [0.4, 0.5) is 0 Å². The van der Waals surface area contributed by atoms with Crippen molar-refractivity contribution in [2.45, 2.75) is 45.1 Å². The lowest BCUT2D eigenvalue weighted by molar-refractivity contribution is 0.0625. The normalized spacial score (nSPS) is 22.3. The molecule has 0 unspecified atom stereocenters. The predicted molar refractivity (Wildman–Crippen MR) is 71.0 cm³/mol. The van der Waals surface area contributed by atoms with E-state index in [0.29, 0.717) is 12.3 Å². The number of aliphatic hydroxyl groups is 1. The lowest BCUT2D eigenvalue weighted by Crippen LogP contribution is -2.26. The van der Waals surface area contributed by atoms with E-state index in [0.717, 1.165) is 18.7 Å². The molecule has 100 valence electrons. The number of aromatic nitrogens is 2. The maximum atomic E-state index is 9.29. The van der Waals surface area contributed by atoms with Crippen molar-refractivity contribution in [3.63, 3.8) is 0 Å². The van der Waals surface area contributed by atoms with Gasteiger partial charge in [0.1, 0.15) is 0 Å². The summed E-state index contributed by atoms with van der Waals surface area (Å²) in [7, 11) is 0. The summed E-state index contributed by atoms with van der Waals surface area (Å²) in [5.41, 5.74) is 3.71. The van der Waals surface area contributed by atoms with Gasteiger partial charge in [-0.15, -0.1) is 0 Å². The quantitative estimate of drug-likeness (QED) is 0.919. The van der Waals surface area contributed by atoms with E-state index < -0.39 is 0 Å². The van der Waals surface area contributed by atoms with Gasteiger partial charge in [-0.2, -0.15) is 4.98 Å². The Bertz CT molecular complexity index is 565. The monoisotopic (exact) mass is 258 g/mol. The molecule has 0 radical (unpaired) electrons. The van der Waals surface area contributed by atoms with Crippen molar-refractivity contribution in [2.24, 2.45) is 0 Å². The highest BCUT2D eigenvalue weighted by Crippen LogP contribution is 2.35. The van der Waals surface area contributed by atoms with Crippen LogP contribution in [-0.2, 0) is 6.42 Å².